The molecule has 1 unspecified atom stereocenters. The summed E-state index contributed by atoms with van der Waals surface area (Å²) < 4.78 is 0. The zero-order valence-electron chi connectivity index (χ0n) is 12.1. The molecule has 0 aromatic heterocycles. The van der Waals surface area contributed by atoms with Crippen LogP contribution in [0.15, 0.2) is 48.5 Å². The smallest absolute Gasteiger partial charge is 0.0579 e. The Balaban J connectivity index is 2.40. The predicted octanol–water partition coefficient (Wildman–Crippen LogP) is 4.39. The topological polar surface area (TPSA) is 12.0 Å². The summed E-state index contributed by atoms with van der Waals surface area (Å²) in [5, 5.41) is 3.67. The summed E-state index contributed by atoms with van der Waals surface area (Å²) in [4.78, 5) is 0. The standard InChI is InChI=1S/C18H23N/c1-4-13-19-18(16-10-6-5-7-11-16)17-12-8-9-14(2)15(17)3/h5-12,18-19H,4,13H2,1-3H3. The lowest BCUT2D eigenvalue weighted by Gasteiger charge is -2.22. The molecule has 0 aliphatic carbocycles. The Hall–Kier alpha value is -1.60. The predicted molar refractivity (Wildman–Crippen MR) is 82.5 cm³/mol. The first-order valence-corrected chi connectivity index (χ1v) is 7.08. The third-order valence-electron chi connectivity index (χ3n) is 3.69. The summed E-state index contributed by atoms with van der Waals surface area (Å²) in [6.45, 7) is 7.64. The van der Waals surface area contributed by atoms with Gasteiger partial charge in [-0.05, 0) is 49.1 Å². The van der Waals surface area contributed by atoms with Gasteiger partial charge >= 0.3 is 0 Å². The van der Waals surface area contributed by atoms with E-state index in [0.29, 0.717) is 6.04 Å². The van der Waals surface area contributed by atoms with Gasteiger partial charge in [-0.25, -0.2) is 0 Å². The van der Waals surface area contributed by atoms with Crippen LogP contribution in [0.3, 0.4) is 0 Å². The van der Waals surface area contributed by atoms with Crippen molar-refractivity contribution in [3.05, 3.63) is 70.8 Å². The summed E-state index contributed by atoms with van der Waals surface area (Å²) in [5.41, 5.74) is 5.47. The van der Waals surface area contributed by atoms with Crippen LogP contribution in [0.25, 0.3) is 0 Å². The van der Waals surface area contributed by atoms with Gasteiger partial charge in [-0.15, -0.1) is 0 Å². The summed E-state index contributed by atoms with van der Waals surface area (Å²) in [6, 6.07) is 17.6. The highest BCUT2D eigenvalue weighted by Gasteiger charge is 2.15. The maximum atomic E-state index is 3.67. The number of benzene rings is 2. The average Bonchev–Trinajstić information content (AvgIpc) is 2.45. The molecular weight excluding hydrogens is 230 g/mol. The van der Waals surface area contributed by atoms with E-state index in [1.807, 2.05) is 0 Å². The lowest BCUT2D eigenvalue weighted by atomic mass is 9.92. The lowest BCUT2D eigenvalue weighted by molar-refractivity contribution is 0.596. The Morgan fingerprint density at radius 1 is 0.947 bits per heavy atom. The largest absolute Gasteiger partial charge is 0.306 e. The molecule has 0 spiro atoms. The molecule has 19 heavy (non-hydrogen) atoms. The number of hydrogen-bond donors (Lipinski definition) is 1. The highest BCUT2D eigenvalue weighted by molar-refractivity contribution is 5.40. The lowest BCUT2D eigenvalue weighted by Crippen LogP contribution is -2.24. The maximum absolute atomic E-state index is 3.67. The molecule has 2 rings (SSSR count). The molecule has 0 saturated carbocycles. The van der Waals surface area contributed by atoms with E-state index in [1.165, 1.54) is 22.3 Å². The second kappa shape index (κ2) is 6.53. The van der Waals surface area contributed by atoms with Crippen LogP contribution in [-0.4, -0.2) is 6.54 Å². The number of hydrogen-bond acceptors (Lipinski definition) is 1. The monoisotopic (exact) mass is 253 g/mol. The van der Waals surface area contributed by atoms with Gasteiger partial charge in [-0.3, -0.25) is 0 Å². The van der Waals surface area contributed by atoms with Crippen molar-refractivity contribution < 1.29 is 0 Å². The first-order valence-electron chi connectivity index (χ1n) is 7.08. The van der Waals surface area contributed by atoms with Crippen LogP contribution in [0.1, 0.15) is 41.6 Å². The van der Waals surface area contributed by atoms with E-state index < -0.39 is 0 Å². The van der Waals surface area contributed by atoms with Crippen molar-refractivity contribution in [3.8, 4) is 0 Å². The van der Waals surface area contributed by atoms with Crippen LogP contribution < -0.4 is 5.32 Å². The van der Waals surface area contributed by atoms with Gasteiger partial charge in [-0.2, -0.15) is 0 Å². The molecule has 0 saturated heterocycles. The molecule has 1 heteroatoms. The van der Waals surface area contributed by atoms with E-state index in [2.05, 4.69) is 74.6 Å². The minimum Gasteiger partial charge on any atom is -0.306 e. The SMILES string of the molecule is CCCNC(c1ccccc1)c1cccc(C)c1C. The Labute approximate surface area is 116 Å². The summed E-state index contributed by atoms with van der Waals surface area (Å²) in [7, 11) is 0. The first-order chi connectivity index (χ1) is 9.24. The molecule has 1 atom stereocenters. The fraction of sp³-hybridized carbons (Fsp3) is 0.333. The van der Waals surface area contributed by atoms with Crippen molar-refractivity contribution in [2.45, 2.75) is 33.2 Å². The van der Waals surface area contributed by atoms with Crippen molar-refractivity contribution in [1.82, 2.24) is 5.32 Å². The Bertz CT molecular complexity index is 516. The van der Waals surface area contributed by atoms with Crippen LogP contribution in [0.2, 0.25) is 0 Å². The quantitative estimate of drug-likeness (QED) is 0.833. The second-order valence-electron chi connectivity index (χ2n) is 5.09. The molecule has 2 aromatic rings. The van der Waals surface area contributed by atoms with Gasteiger partial charge in [0.2, 0.25) is 0 Å². The number of aryl methyl sites for hydroxylation is 1. The Morgan fingerprint density at radius 3 is 2.37 bits per heavy atom. The highest BCUT2D eigenvalue weighted by Crippen LogP contribution is 2.26. The van der Waals surface area contributed by atoms with E-state index in [4.69, 9.17) is 0 Å². The van der Waals surface area contributed by atoms with Crippen molar-refractivity contribution in [3.63, 3.8) is 0 Å². The van der Waals surface area contributed by atoms with E-state index in [0.717, 1.165) is 13.0 Å². The van der Waals surface area contributed by atoms with E-state index in [1.54, 1.807) is 0 Å². The molecule has 0 fully saturated rings. The van der Waals surface area contributed by atoms with E-state index in [9.17, 15) is 0 Å². The molecule has 0 radical (unpaired) electrons. The van der Waals surface area contributed by atoms with Gasteiger partial charge in [0, 0.05) is 0 Å². The van der Waals surface area contributed by atoms with Crippen molar-refractivity contribution in [2.75, 3.05) is 6.54 Å². The second-order valence-corrected chi connectivity index (χ2v) is 5.09. The van der Waals surface area contributed by atoms with Gasteiger partial charge in [-0.1, -0.05) is 55.5 Å². The normalized spacial score (nSPS) is 12.4. The molecular formula is C18H23N. The fourth-order valence-corrected chi connectivity index (χ4v) is 2.43. The molecule has 2 aromatic carbocycles. The molecule has 100 valence electrons. The van der Waals surface area contributed by atoms with Crippen LogP contribution in [0, 0.1) is 13.8 Å². The van der Waals surface area contributed by atoms with Crippen LogP contribution in [-0.2, 0) is 0 Å². The van der Waals surface area contributed by atoms with Gasteiger partial charge in [0.05, 0.1) is 6.04 Å². The molecule has 0 amide bonds. The molecule has 1 nitrogen and oxygen atoms in total. The average molecular weight is 253 g/mol. The van der Waals surface area contributed by atoms with Crippen LogP contribution in [0.5, 0.6) is 0 Å². The summed E-state index contributed by atoms with van der Waals surface area (Å²) in [6.07, 6.45) is 1.15. The molecule has 1 N–H and O–H groups in total. The summed E-state index contributed by atoms with van der Waals surface area (Å²) in [5.74, 6) is 0. The zero-order valence-corrected chi connectivity index (χ0v) is 12.1. The zero-order chi connectivity index (χ0) is 13.7. The first kappa shape index (κ1) is 13.8. The van der Waals surface area contributed by atoms with Gasteiger partial charge in [0.1, 0.15) is 0 Å². The van der Waals surface area contributed by atoms with Crippen LogP contribution >= 0.6 is 0 Å². The van der Waals surface area contributed by atoms with Gasteiger partial charge in [0.15, 0.2) is 0 Å². The van der Waals surface area contributed by atoms with E-state index >= 15 is 0 Å². The third-order valence-corrected chi connectivity index (χ3v) is 3.69. The van der Waals surface area contributed by atoms with Crippen molar-refractivity contribution >= 4 is 0 Å². The molecule has 0 aliphatic heterocycles. The fourth-order valence-electron chi connectivity index (χ4n) is 2.43. The van der Waals surface area contributed by atoms with Gasteiger partial charge in [0.25, 0.3) is 0 Å². The minimum atomic E-state index is 0.293. The Morgan fingerprint density at radius 2 is 1.68 bits per heavy atom. The van der Waals surface area contributed by atoms with Gasteiger partial charge < -0.3 is 5.32 Å². The molecule has 0 heterocycles. The Kier molecular flexibility index (Phi) is 4.75. The highest BCUT2D eigenvalue weighted by atomic mass is 14.9. The van der Waals surface area contributed by atoms with Crippen LogP contribution in [0.4, 0.5) is 0 Å². The third kappa shape index (κ3) is 3.24. The number of rotatable bonds is 5. The number of nitrogens with one attached hydrogen (secondary N) is 1. The van der Waals surface area contributed by atoms with E-state index in [-0.39, 0.29) is 0 Å². The maximum Gasteiger partial charge on any atom is 0.0579 e. The molecule has 0 bridgehead atoms. The molecule has 0 aliphatic rings. The summed E-state index contributed by atoms with van der Waals surface area (Å²) >= 11 is 0. The van der Waals surface area contributed by atoms with Crippen molar-refractivity contribution in [2.24, 2.45) is 0 Å². The van der Waals surface area contributed by atoms with Crippen molar-refractivity contribution in [1.29, 1.82) is 0 Å². The minimum absolute atomic E-state index is 0.293.